The number of rotatable bonds is 47. The summed E-state index contributed by atoms with van der Waals surface area (Å²) in [5.41, 5.74) is 0. The molecule has 58 heavy (non-hydrogen) atoms. The van der Waals surface area contributed by atoms with Crippen LogP contribution in [0.25, 0.3) is 0 Å². The van der Waals surface area contributed by atoms with Gasteiger partial charge >= 0.3 is 5.97 Å². The zero-order valence-electron chi connectivity index (χ0n) is 39.2. The molecule has 6 nitrogen and oxygen atoms in total. The molecule has 344 valence electrons. The van der Waals surface area contributed by atoms with Crippen LogP contribution in [-0.2, 0) is 14.3 Å². The Hall–Kier alpha value is -1.40. The van der Waals surface area contributed by atoms with Gasteiger partial charge in [0.05, 0.1) is 25.2 Å². The Labute approximate surface area is 361 Å². The van der Waals surface area contributed by atoms with Gasteiger partial charge in [0, 0.05) is 6.42 Å². The first-order valence-corrected chi connectivity index (χ1v) is 25.9. The molecular weight excluding hydrogens is 719 g/mol. The molecule has 0 aromatic rings. The first-order valence-electron chi connectivity index (χ1n) is 25.9. The maximum Gasteiger partial charge on any atom is 0.306 e. The van der Waals surface area contributed by atoms with Crippen LogP contribution >= 0.6 is 0 Å². The van der Waals surface area contributed by atoms with E-state index in [4.69, 9.17) is 4.74 Å². The summed E-state index contributed by atoms with van der Waals surface area (Å²) >= 11 is 0. The molecule has 0 aliphatic heterocycles. The van der Waals surface area contributed by atoms with E-state index in [1.54, 1.807) is 0 Å². The van der Waals surface area contributed by atoms with Crippen molar-refractivity contribution in [2.24, 2.45) is 0 Å². The van der Waals surface area contributed by atoms with Crippen molar-refractivity contribution in [1.82, 2.24) is 5.32 Å². The van der Waals surface area contributed by atoms with Gasteiger partial charge in [-0.15, -0.1) is 0 Å². The smallest absolute Gasteiger partial charge is 0.306 e. The predicted molar refractivity (Wildman–Crippen MR) is 250 cm³/mol. The Kier molecular flexibility index (Phi) is 45.5. The monoisotopic (exact) mass is 820 g/mol. The molecule has 0 aliphatic carbocycles. The normalized spacial score (nSPS) is 13.3. The molecule has 0 rings (SSSR count). The minimum absolute atomic E-state index is 0.0779. The lowest BCUT2D eigenvalue weighted by atomic mass is 10.0. The van der Waals surface area contributed by atoms with E-state index in [2.05, 4.69) is 38.2 Å². The Bertz CT molecular complexity index is 878. The number of amides is 1. The van der Waals surface area contributed by atoms with Crippen LogP contribution in [0.3, 0.4) is 0 Å². The van der Waals surface area contributed by atoms with Crippen LogP contribution in [0.15, 0.2) is 12.2 Å². The van der Waals surface area contributed by atoms with Crippen molar-refractivity contribution in [3.05, 3.63) is 12.2 Å². The van der Waals surface area contributed by atoms with Gasteiger partial charge in [0.15, 0.2) is 0 Å². The van der Waals surface area contributed by atoms with E-state index in [-0.39, 0.29) is 24.9 Å². The molecule has 3 N–H and O–H groups in total. The van der Waals surface area contributed by atoms with Gasteiger partial charge in [-0.3, -0.25) is 9.59 Å². The highest BCUT2D eigenvalue weighted by atomic mass is 16.5. The van der Waals surface area contributed by atoms with Crippen molar-refractivity contribution >= 4 is 11.9 Å². The minimum atomic E-state index is -0.783. The van der Waals surface area contributed by atoms with E-state index in [9.17, 15) is 19.8 Å². The molecule has 0 spiro atoms. The predicted octanol–water partition coefficient (Wildman–Crippen LogP) is 15.3. The molecule has 0 aromatic carbocycles. The third-order valence-electron chi connectivity index (χ3n) is 12.1. The van der Waals surface area contributed by atoms with E-state index < -0.39 is 18.2 Å². The summed E-state index contributed by atoms with van der Waals surface area (Å²) in [5, 5.41) is 23.8. The first kappa shape index (κ1) is 56.6. The van der Waals surface area contributed by atoms with Crippen LogP contribution in [-0.4, -0.2) is 46.9 Å². The fraction of sp³-hybridized carbons (Fsp3) is 0.923. The van der Waals surface area contributed by atoms with Crippen LogP contribution in [0.4, 0.5) is 0 Å². The lowest BCUT2D eigenvalue weighted by Gasteiger charge is -2.24. The van der Waals surface area contributed by atoms with Crippen LogP contribution in [0.5, 0.6) is 0 Å². The number of hydrogen-bond acceptors (Lipinski definition) is 5. The summed E-state index contributed by atoms with van der Waals surface area (Å²) in [5.74, 6) is -0.480. The highest BCUT2D eigenvalue weighted by Crippen LogP contribution is 2.18. The third-order valence-corrected chi connectivity index (χ3v) is 12.1. The molecule has 0 saturated carbocycles. The molecule has 6 heteroatoms. The fourth-order valence-electron chi connectivity index (χ4n) is 8.13. The van der Waals surface area contributed by atoms with Crippen LogP contribution < -0.4 is 5.32 Å². The van der Waals surface area contributed by atoms with Gasteiger partial charge in [-0.2, -0.15) is 0 Å². The molecular formula is C52H101NO5. The number of ether oxygens (including phenoxy) is 1. The molecule has 0 bridgehead atoms. The average Bonchev–Trinajstić information content (AvgIpc) is 3.22. The fourth-order valence-corrected chi connectivity index (χ4v) is 8.13. The Morgan fingerprint density at radius 3 is 1.22 bits per heavy atom. The summed E-state index contributed by atoms with van der Waals surface area (Å²) in [6.07, 6.45) is 51.3. The summed E-state index contributed by atoms with van der Waals surface area (Å²) in [4.78, 5) is 26.0. The van der Waals surface area contributed by atoms with Crippen molar-refractivity contribution in [3.63, 3.8) is 0 Å². The Morgan fingerprint density at radius 1 is 0.483 bits per heavy atom. The van der Waals surface area contributed by atoms with E-state index in [0.717, 1.165) is 51.4 Å². The standard InChI is InChI=1S/C52H101NO5/c1-4-7-10-13-16-19-21-23-24-25-26-28-29-32-35-38-41-44-50(55)49(47-54)53-51(56)46-48(43-40-37-34-31-18-15-12-9-6-3)58-52(57)45-42-39-36-33-30-27-22-20-17-14-11-8-5-2/h27,30,48-50,54-55H,4-26,28-29,31-47H2,1-3H3,(H,53,56)/b30-27-. The van der Waals surface area contributed by atoms with Gasteiger partial charge in [0.2, 0.25) is 5.91 Å². The average molecular weight is 820 g/mol. The van der Waals surface area contributed by atoms with E-state index in [1.165, 1.54) is 186 Å². The van der Waals surface area contributed by atoms with Crippen molar-refractivity contribution in [1.29, 1.82) is 0 Å². The van der Waals surface area contributed by atoms with Crippen molar-refractivity contribution < 1.29 is 24.5 Å². The maximum absolute atomic E-state index is 13.2. The van der Waals surface area contributed by atoms with Gasteiger partial charge in [-0.25, -0.2) is 0 Å². The van der Waals surface area contributed by atoms with Gasteiger partial charge in [-0.05, 0) is 51.4 Å². The highest BCUT2D eigenvalue weighted by Gasteiger charge is 2.24. The quantitative estimate of drug-likeness (QED) is 0.0323. The van der Waals surface area contributed by atoms with E-state index in [0.29, 0.717) is 19.3 Å². The topological polar surface area (TPSA) is 95.9 Å². The molecule has 3 unspecified atom stereocenters. The third kappa shape index (κ3) is 41.3. The number of nitrogens with one attached hydrogen (secondary N) is 1. The number of carbonyl (C=O) groups excluding carboxylic acids is 2. The van der Waals surface area contributed by atoms with Gasteiger partial charge in [-0.1, -0.05) is 232 Å². The Balaban J connectivity index is 4.40. The van der Waals surface area contributed by atoms with Crippen molar-refractivity contribution in [2.75, 3.05) is 6.61 Å². The number of aliphatic hydroxyl groups is 2. The number of aliphatic hydroxyl groups excluding tert-OH is 2. The number of allylic oxidation sites excluding steroid dienone is 2. The molecule has 0 saturated heterocycles. The van der Waals surface area contributed by atoms with Crippen LogP contribution in [0.1, 0.15) is 284 Å². The summed E-state index contributed by atoms with van der Waals surface area (Å²) in [6, 6.07) is -0.697. The molecule has 0 fully saturated rings. The lowest BCUT2D eigenvalue weighted by Crippen LogP contribution is -2.46. The molecule has 0 aliphatic rings. The summed E-state index contributed by atoms with van der Waals surface area (Å²) in [6.45, 7) is 6.48. The summed E-state index contributed by atoms with van der Waals surface area (Å²) < 4.78 is 5.90. The second-order valence-electron chi connectivity index (χ2n) is 17.9. The van der Waals surface area contributed by atoms with E-state index >= 15 is 0 Å². The van der Waals surface area contributed by atoms with Gasteiger partial charge in [0.1, 0.15) is 6.10 Å². The highest BCUT2D eigenvalue weighted by molar-refractivity contribution is 5.77. The largest absolute Gasteiger partial charge is 0.462 e. The molecule has 0 radical (unpaired) electrons. The van der Waals surface area contributed by atoms with Gasteiger partial charge in [0.25, 0.3) is 0 Å². The maximum atomic E-state index is 13.2. The van der Waals surface area contributed by atoms with Crippen molar-refractivity contribution in [3.8, 4) is 0 Å². The SMILES string of the molecule is CCCCCCCC/C=C\CCCCCC(=O)OC(CCCCCCCCCCC)CC(=O)NC(CO)C(O)CCCCCCCCCCCCCCCCCCC. The minimum Gasteiger partial charge on any atom is -0.462 e. The molecule has 0 aromatic heterocycles. The van der Waals surface area contributed by atoms with E-state index in [1.807, 2.05) is 0 Å². The zero-order chi connectivity index (χ0) is 42.4. The van der Waals surface area contributed by atoms with Crippen LogP contribution in [0.2, 0.25) is 0 Å². The zero-order valence-corrected chi connectivity index (χ0v) is 39.2. The number of hydrogen-bond donors (Lipinski definition) is 3. The number of unbranched alkanes of at least 4 members (excludes halogenated alkanes) is 33. The number of esters is 1. The van der Waals surface area contributed by atoms with Gasteiger partial charge < -0.3 is 20.3 Å². The molecule has 1 amide bonds. The number of carbonyl (C=O) groups is 2. The second-order valence-corrected chi connectivity index (χ2v) is 17.9. The molecule has 0 heterocycles. The summed E-state index contributed by atoms with van der Waals surface area (Å²) in [7, 11) is 0. The van der Waals surface area contributed by atoms with Crippen molar-refractivity contribution in [2.45, 2.75) is 302 Å². The Morgan fingerprint density at radius 2 is 0.828 bits per heavy atom. The lowest BCUT2D eigenvalue weighted by molar-refractivity contribution is -0.151. The molecule has 3 atom stereocenters. The van der Waals surface area contributed by atoms with Crippen LogP contribution in [0, 0.1) is 0 Å². The first-order chi connectivity index (χ1) is 28.5. The second kappa shape index (κ2) is 46.7.